The van der Waals surface area contributed by atoms with Gasteiger partial charge in [0.25, 0.3) is 0 Å². The van der Waals surface area contributed by atoms with Crippen LogP contribution in [0.3, 0.4) is 0 Å². The first-order chi connectivity index (χ1) is 3.64. The Morgan fingerprint density at radius 2 is 1.62 bits per heavy atom. The molecule has 0 fully saturated rings. The van der Waals surface area contributed by atoms with Crippen LogP contribution in [0, 0.1) is 5.92 Å². The summed E-state index contributed by atoms with van der Waals surface area (Å²) in [6.45, 7) is 3.28. The van der Waals surface area contributed by atoms with Gasteiger partial charge in [-0.25, -0.2) is 0 Å². The van der Waals surface area contributed by atoms with Crippen molar-refractivity contribution < 1.29 is 9.90 Å². The third-order valence-corrected chi connectivity index (χ3v) is 0.494. The van der Waals surface area contributed by atoms with Crippen molar-refractivity contribution in [2.75, 3.05) is 0 Å². The normalized spacial score (nSPS) is 7.75. The van der Waals surface area contributed by atoms with Crippen molar-refractivity contribution in [3.63, 3.8) is 0 Å². The molecule has 0 aromatic rings. The second-order valence-corrected chi connectivity index (χ2v) is 1.49. The van der Waals surface area contributed by atoms with Crippen LogP contribution >= 0.6 is 0 Å². The van der Waals surface area contributed by atoms with E-state index in [1.54, 1.807) is 13.8 Å². The van der Waals surface area contributed by atoms with Crippen LogP contribution in [0.25, 0.3) is 0 Å². The minimum absolute atomic E-state index is 0.231. The monoisotopic (exact) mass is 110 g/mol. The molecule has 0 rings (SSSR count). The van der Waals surface area contributed by atoms with Crippen LogP contribution in [0.5, 0.6) is 0 Å². The summed E-state index contributed by atoms with van der Waals surface area (Å²) in [6, 6.07) is 0. The Hall–Kier alpha value is 0.0674. The zero-order valence-corrected chi connectivity index (χ0v) is 5.93. The minimum atomic E-state index is -0.741. The second kappa shape index (κ2) is 7.07. The van der Waals surface area contributed by atoms with E-state index in [1.807, 2.05) is 23.3 Å². The molecule has 2 nitrogen and oxygen atoms in total. The molecule has 0 unspecified atom stereocenters. The first-order valence-electron chi connectivity index (χ1n) is 2.87. The Morgan fingerprint density at radius 3 is 1.62 bits per heavy atom. The molecule has 1 N–H and O–H groups in total. The molecule has 0 heterocycles. The van der Waals surface area contributed by atoms with Gasteiger partial charge in [-0.15, -0.1) is 0 Å². The summed E-state index contributed by atoms with van der Waals surface area (Å²) in [6.07, 6.45) is 0. The van der Waals surface area contributed by atoms with E-state index in [2.05, 4.69) is 0 Å². The van der Waals surface area contributed by atoms with Crippen molar-refractivity contribution in [1.82, 2.24) is 0 Å². The van der Waals surface area contributed by atoms with Crippen LogP contribution < -0.4 is 0 Å². The van der Waals surface area contributed by atoms with Crippen molar-refractivity contribution in [3.8, 4) is 0 Å². The zero-order chi connectivity index (χ0) is 7.15. The summed E-state index contributed by atoms with van der Waals surface area (Å²) in [4.78, 5) is 9.70. The summed E-state index contributed by atoms with van der Waals surface area (Å²) >= 11 is 2.00. The number of rotatable bonds is 1. The summed E-state index contributed by atoms with van der Waals surface area (Å²) in [5.74, 6) is -0.972. The van der Waals surface area contributed by atoms with Crippen LogP contribution in [0.4, 0.5) is 0 Å². The summed E-state index contributed by atoms with van der Waals surface area (Å²) in [7, 11) is 0. The quantitative estimate of drug-likeness (QED) is 0.510. The maximum atomic E-state index is 9.70. The predicted octanol–water partition coefficient (Wildman–Crippen LogP) is 0.930. The van der Waals surface area contributed by atoms with Crippen LogP contribution in [0.2, 0.25) is 5.60 Å². The molecule has 0 saturated carbocycles. The molecular weight excluding hydrogens is 99.0 g/mol. The number of carboxylic acid groups (broad SMARTS) is 1. The van der Waals surface area contributed by atoms with E-state index in [-0.39, 0.29) is 5.92 Å². The van der Waals surface area contributed by atoms with Gasteiger partial charge in [-0.3, -0.25) is 4.79 Å². The maximum absolute atomic E-state index is 9.70. The molecule has 0 aliphatic heterocycles. The average molecular weight is 110 g/mol. The fourth-order valence-electron chi connectivity index (χ4n) is 0. The molecule has 0 spiro atoms. The topological polar surface area (TPSA) is 37.3 Å². The molecule has 0 amide bonds. The number of carboxylic acids is 1. The Balaban J connectivity index is 0. The van der Waals surface area contributed by atoms with E-state index in [1.165, 1.54) is 0 Å². The molecule has 0 saturated heterocycles. The molecule has 0 aromatic heterocycles. The van der Waals surface area contributed by atoms with Crippen LogP contribution in [-0.2, 0) is 4.79 Å². The molecule has 0 atom stereocenters. The number of hydrogen-bond acceptors (Lipinski definition) is 1. The fourth-order valence-corrected chi connectivity index (χ4v) is 0. The predicted molar refractivity (Wildman–Crippen MR) is 34.1 cm³/mol. The zero-order valence-electron chi connectivity index (χ0n) is 5.93. The molecule has 44 valence electrons. The van der Waals surface area contributed by atoms with Gasteiger partial charge in [-0.2, -0.15) is 0 Å². The van der Waals surface area contributed by atoms with Gasteiger partial charge in [-0.1, -0.05) is 13.8 Å². The Bertz CT molecular complexity index is 61.4. The third-order valence-electron chi connectivity index (χ3n) is 0.494. The Labute approximate surface area is 59.5 Å². The van der Waals surface area contributed by atoms with Crippen molar-refractivity contribution in [2.24, 2.45) is 5.92 Å². The fraction of sp³-hybridized carbons (Fsp3) is 0.800. The first-order valence-corrected chi connectivity index (χ1v) is 2.87. The van der Waals surface area contributed by atoms with E-state index >= 15 is 0 Å². The van der Waals surface area contributed by atoms with E-state index in [0.717, 1.165) is 0 Å². The molecular formula is C5H11LiO2. The van der Waals surface area contributed by atoms with Crippen molar-refractivity contribution in [1.29, 1.82) is 0 Å². The molecule has 0 aliphatic rings. The first kappa shape index (κ1) is 10.9. The summed E-state index contributed by atoms with van der Waals surface area (Å²) in [5.41, 5.74) is 2.00. The summed E-state index contributed by atoms with van der Waals surface area (Å²) < 4.78 is 0. The number of aliphatic carboxylic acids is 1. The number of hydrogen-bond donors (Lipinski definition) is 1. The van der Waals surface area contributed by atoms with E-state index in [9.17, 15) is 4.79 Å². The Morgan fingerprint density at radius 1 is 1.50 bits per heavy atom. The van der Waals surface area contributed by atoms with Gasteiger partial charge in [0, 0.05) is 0 Å². The van der Waals surface area contributed by atoms with Crippen molar-refractivity contribution in [2.45, 2.75) is 19.4 Å². The van der Waals surface area contributed by atoms with E-state index in [4.69, 9.17) is 5.11 Å². The van der Waals surface area contributed by atoms with Crippen LogP contribution in [0.1, 0.15) is 13.8 Å². The third kappa shape index (κ3) is 9.42. The van der Waals surface area contributed by atoms with E-state index in [0.29, 0.717) is 0 Å². The van der Waals surface area contributed by atoms with Gasteiger partial charge in [0.15, 0.2) is 0 Å². The second-order valence-electron chi connectivity index (χ2n) is 1.49. The molecule has 8 heavy (non-hydrogen) atoms. The van der Waals surface area contributed by atoms with Crippen molar-refractivity contribution in [3.05, 3.63) is 0 Å². The molecule has 0 bridgehead atoms. The van der Waals surface area contributed by atoms with Crippen molar-refractivity contribution >= 4 is 23.7 Å². The van der Waals surface area contributed by atoms with Crippen LogP contribution in [0.15, 0.2) is 0 Å². The van der Waals surface area contributed by atoms with Gasteiger partial charge in [-0.05, 0) is 0 Å². The SMILES string of the molecule is CC(C)C(=O)O.[Li][CH3]. The Kier molecular flexibility index (Phi) is 9.67. The van der Waals surface area contributed by atoms with E-state index < -0.39 is 5.97 Å². The average Bonchev–Trinajstić information content (AvgIpc) is 1.72. The summed E-state index contributed by atoms with van der Waals surface area (Å²) in [5, 5.41) is 7.99. The molecule has 0 aliphatic carbocycles. The molecule has 0 aromatic carbocycles. The van der Waals surface area contributed by atoms with Gasteiger partial charge < -0.3 is 5.11 Å². The standard InChI is InChI=1S/C4H8O2.CH3.Li/c1-3(2)4(5)6;;/h3H,1-2H3,(H,5,6);1H3;. The number of carbonyl (C=O) groups is 1. The molecule has 0 radical (unpaired) electrons. The van der Waals surface area contributed by atoms with Gasteiger partial charge in [0.1, 0.15) is 0 Å². The van der Waals surface area contributed by atoms with Gasteiger partial charge >= 0.3 is 29.3 Å². The van der Waals surface area contributed by atoms with Gasteiger partial charge in [0.2, 0.25) is 0 Å². The molecule has 3 heteroatoms. The van der Waals surface area contributed by atoms with Crippen LogP contribution in [-0.4, -0.2) is 28.8 Å². The van der Waals surface area contributed by atoms with Gasteiger partial charge in [0.05, 0.1) is 5.92 Å².